The van der Waals surface area contributed by atoms with Crippen LogP contribution >= 0.6 is 11.6 Å². The molecule has 0 spiro atoms. The molecule has 31 heavy (non-hydrogen) atoms. The summed E-state index contributed by atoms with van der Waals surface area (Å²) >= 11 is 5.92. The molecule has 2 amide bonds. The Kier molecular flexibility index (Phi) is 7.41. The molecule has 1 atom stereocenters. The Morgan fingerprint density at radius 2 is 1.87 bits per heavy atom. The third-order valence-electron chi connectivity index (χ3n) is 4.75. The summed E-state index contributed by atoms with van der Waals surface area (Å²) in [7, 11) is 1.53. The topological polar surface area (TPSA) is 85.9 Å². The molecule has 2 N–H and O–H groups in total. The fraction of sp³-hybridized carbons (Fsp3) is 0.304. The van der Waals surface area contributed by atoms with Crippen LogP contribution in [0, 0.1) is 0 Å². The molecule has 0 radical (unpaired) electrons. The zero-order chi connectivity index (χ0) is 22.4. The smallest absolute Gasteiger partial charge is 0.338 e. The number of nitrogens with one attached hydrogen (secondary N) is 2. The van der Waals surface area contributed by atoms with Crippen molar-refractivity contribution in [2.24, 2.45) is 0 Å². The maximum Gasteiger partial charge on any atom is 0.338 e. The lowest BCUT2D eigenvalue weighted by Crippen LogP contribution is -2.45. The van der Waals surface area contributed by atoms with Gasteiger partial charge in [0.1, 0.15) is 6.61 Å². The van der Waals surface area contributed by atoms with Gasteiger partial charge in [0.2, 0.25) is 0 Å². The van der Waals surface area contributed by atoms with Gasteiger partial charge in [0.05, 0.1) is 25.3 Å². The van der Waals surface area contributed by atoms with Gasteiger partial charge in [-0.15, -0.1) is 0 Å². The van der Waals surface area contributed by atoms with Gasteiger partial charge in [-0.3, -0.25) is 0 Å². The molecule has 0 aliphatic carbocycles. The van der Waals surface area contributed by atoms with Gasteiger partial charge in [-0.2, -0.15) is 0 Å². The van der Waals surface area contributed by atoms with Crippen LogP contribution < -0.4 is 20.1 Å². The maximum absolute atomic E-state index is 12.6. The van der Waals surface area contributed by atoms with Crippen LogP contribution in [0.3, 0.4) is 0 Å². The summed E-state index contributed by atoms with van der Waals surface area (Å²) < 4.78 is 16.7. The number of halogens is 1. The normalized spacial score (nSPS) is 15.7. The minimum atomic E-state index is -0.669. The SMILES string of the molecule is CCCOC(=O)C1=C(C)NC(=O)NC1c1ccc(OCc2ccc(Cl)cc2)c(OC)c1. The van der Waals surface area contributed by atoms with E-state index in [0.717, 1.165) is 5.56 Å². The largest absolute Gasteiger partial charge is 0.493 e. The standard InChI is InChI=1S/C23H25ClN2O5/c1-4-11-30-22(27)20-14(2)25-23(28)26-21(20)16-7-10-18(19(12-16)29-3)31-13-15-5-8-17(24)9-6-15/h5-10,12,21H,4,11,13H2,1-3H3,(H2,25,26,28). The Balaban J connectivity index is 1.85. The molecule has 0 bridgehead atoms. The Labute approximate surface area is 186 Å². The van der Waals surface area contributed by atoms with Crippen molar-refractivity contribution in [2.75, 3.05) is 13.7 Å². The van der Waals surface area contributed by atoms with Crippen LogP contribution in [0.15, 0.2) is 53.7 Å². The van der Waals surface area contributed by atoms with E-state index in [4.69, 9.17) is 25.8 Å². The van der Waals surface area contributed by atoms with Crippen molar-refractivity contribution in [1.29, 1.82) is 0 Å². The Hall–Kier alpha value is -3.19. The van der Waals surface area contributed by atoms with Crippen molar-refractivity contribution in [3.05, 3.63) is 69.9 Å². The van der Waals surface area contributed by atoms with Crippen LogP contribution in [-0.2, 0) is 16.1 Å². The first-order chi connectivity index (χ1) is 14.9. The molecule has 8 heteroatoms. The van der Waals surface area contributed by atoms with Crippen molar-refractivity contribution >= 4 is 23.6 Å². The first kappa shape index (κ1) is 22.5. The number of hydrogen-bond acceptors (Lipinski definition) is 5. The van der Waals surface area contributed by atoms with E-state index < -0.39 is 18.0 Å². The van der Waals surface area contributed by atoms with Gasteiger partial charge in [-0.1, -0.05) is 36.7 Å². The lowest BCUT2D eigenvalue weighted by molar-refractivity contribution is -0.139. The zero-order valence-corrected chi connectivity index (χ0v) is 18.4. The van der Waals surface area contributed by atoms with E-state index >= 15 is 0 Å². The third kappa shape index (κ3) is 5.49. The first-order valence-electron chi connectivity index (χ1n) is 9.93. The predicted octanol–water partition coefficient (Wildman–Crippen LogP) is 4.51. The number of amides is 2. The molecular formula is C23H25ClN2O5. The number of hydrogen-bond donors (Lipinski definition) is 2. The minimum absolute atomic E-state index is 0.303. The van der Waals surface area contributed by atoms with E-state index in [0.29, 0.717) is 53.0 Å². The van der Waals surface area contributed by atoms with Gasteiger partial charge in [0, 0.05) is 10.7 Å². The van der Waals surface area contributed by atoms with Crippen molar-refractivity contribution in [3.63, 3.8) is 0 Å². The summed E-state index contributed by atoms with van der Waals surface area (Å²) in [5.74, 6) is 0.550. The number of esters is 1. The van der Waals surface area contributed by atoms with Crippen molar-refractivity contribution in [2.45, 2.75) is 32.9 Å². The fourth-order valence-electron chi connectivity index (χ4n) is 3.21. The molecule has 0 fully saturated rings. The summed E-state index contributed by atoms with van der Waals surface area (Å²) in [4.78, 5) is 24.7. The maximum atomic E-state index is 12.6. The summed E-state index contributed by atoms with van der Waals surface area (Å²) in [6.07, 6.45) is 0.704. The number of methoxy groups -OCH3 is 1. The zero-order valence-electron chi connectivity index (χ0n) is 17.7. The van der Waals surface area contributed by atoms with Gasteiger partial charge in [0.25, 0.3) is 0 Å². The first-order valence-corrected chi connectivity index (χ1v) is 10.3. The second-order valence-electron chi connectivity index (χ2n) is 7.03. The molecule has 1 heterocycles. The molecular weight excluding hydrogens is 420 g/mol. The van der Waals surface area contributed by atoms with Gasteiger partial charge in [0.15, 0.2) is 11.5 Å². The fourth-order valence-corrected chi connectivity index (χ4v) is 3.34. The molecule has 164 valence electrons. The number of carbonyl (C=O) groups excluding carboxylic acids is 2. The Morgan fingerprint density at radius 3 is 2.55 bits per heavy atom. The van der Waals surface area contributed by atoms with E-state index in [1.807, 2.05) is 19.1 Å². The van der Waals surface area contributed by atoms with Crippen LogP contribution in [0.1, 0.15) is 37.4 Å². The van der Waals surface area contributed by atoms with Gasteiger partial charge in [-0.05, 0) is 48.7 Å². The van der Waals surface area contributed by atoms with Crippen LogP contribution in [0.5, 0.6) is 11.5 Å². The molecule has 0 saturated heterocycles. The molecule has 1 aliphatic rings. The monoisotopic (exact) mass is 444 g/mol. The van der Waals surface area contributed by atoms with Crippen LogP contribution in [0.4, 0.5) is 4.79 Å². The summed E-state index contributed by atoms with van der Waals surface area (Å²) in [5, 5.41) is 6.08. The van der Waals surface area contributed by atoms with E-state index in [1.54, 1.807) is 37.3 Å². The molecule has 3 rings (SSSR count). The summed E-state index contributed by atoms with van der Waals surface area (Å²) in [6.45, 7) is 4.23. The number of urea groups is 1. The van der Waals surface area contributed by atoms with E-state index in [1.165, 1.54) is 7.11 Å². The highest BCUT2D eigenvalue weighted by atomic mass is 35.5. The highest BCUT2D eigenvalue weighted by Crippen LogP contribution is 2.35. The number of rotatable bonds is 8. The third-order valence-corrected chi connectivity index (χ3v) is 5.01. The summed E-state index contributed by atoms with van der Waals surface area (Å²) in [6, 6.07) is 11.6. The van der Waals surface area contributed by atoms with Crippen molar-refractivity contribution < 1.29 is 23.8 Å². The number of benzene rings is 2. The molecule has 2 aromatic carbocycles. The number of ether oxygens (including phenoxy) is 3. The number of allylic oxidation sites excluding steroid dienone is 1. The Bertz CT molecular complexity index is 988. The molecule has 2 aromatic rings. The predicted molar refractivity (Wildman–Crippen MR) is 117 cm³/mol. The average Bonchev–Trinajstić information content (AvgIpc) is 2.76. The highest BCUT2D eigenvalue weighted by molar-refractivity contribution is 6.30. The van der Waals surface area contributed by atoms with E-state index in [-0.39, 0.29) is 0 Å². The molecule has 0 saturated carbocycles. The molecule has 0 aromatic heterocycles. The van der Waals surface area contributed by atoms with Crippen LogP contribution in [0.25, 0.3) is 0 Å². The molecule has 7 nitrogen and oxygen atoms in total. The second-order valence-corrected chi connectivity index (χ2v) is 7.47. The Morgan fingerprint density at radius 1 is 1.13 bits per heavy atom. The van der Waals surface area contributed by atoms with Crippen LogP contribution in [-0.4, -0.2) is 25.7 Å². The van der Waals surface area contributed by atoms with Crippen LogP contribution in [0.2, 0.25) is 5.02 Å². The molecule has 1 unspecified atom stereocenters. The van der Waals surface area contributed by atoms with Gasteiger partial charge in [-0.25, -0.2) is 9.59 Å². The minimum Gasteiger partial charge on any atom is -0.493 e. The quantitative estimate of drug-likeness (QED) is 0.585. The number of carbonyl (C=O) groups is 2. The van der Waals surface area contributed by atoms with Crippen molar-refractivity contribution in [1.82, 2.24) is 10.6 Å². The van der Waals surface area contributed by atoms with Crippen molar-refractivity contribution in [3.8, 4) is 11.5 Å². The molecule has 1 aliphatic heterocycles. The lowest BCUT2D eigenvalue weighted by atomic mass is 9.95. The van der Waals surface area contributed by atoms with Gasteiger partial charge < -0.3 is 24.8 Å². The second kappa shape index (κ2) is 10.2. The van der Waals surface area contributed by atoms with E-state index in [2.05, 4.69) is 10.6 Å². The van der Waals surface area contributed by atoms with E-state index in [9.17, 15) is 9.59 Å². The van der Waals surface area contributed by atoms with Gasteiger partial charge >= 0.3 is 12.0 Å². The highest BCUT2D eigenvalue weighted by Gasteiger charge is 2.32. The lowest BCUT2D eigenvalue weighted by Gasteiger charge is -2.28. The summed E-state index contributed by atoms with van der Waals surface area (Å²) in [5.41, 5.74) is 2.44. The average molecular weight is 445 g/mol.